The third-order valence-electron chi connectivity index (χ3n) is 5.63. The van der Waals surface area contributed by atoms with E-state index in [1.165, 1.54) is 0 Å². The lowest BCUT2D eigenvalue weighted by molar-refractivity contribution is -0.119. The van der Waals surface area contributed by atoms with Crippen molar-refractivity contribution in [2.75, 3.05) is 50.0 Å². The van der Waals surface area contributed by atoms with Crippen LogP contribution in [0, 0.1) is 0 Å². The van der Waals surface area contributed by atoms with Crippen molar-refractivity contribution in [2.45, 2.75) is 19.8 Å². The minimum Gasteiger partial charge on any atom is -0.319 e. The average molecular weight is 396 g/mol. The molecule has 0 saturated carbocycles. The molecule has 0 aliphatic carbocycles. The molecule has 2 amide bonds. The van der Waals surface area contributed by atoms with Crippen molar-refractivity contribution in [2.24, 2.45) is 7.05 Å². The smallest absolute Gasteiger partial charge is 0.276 e. The Labute approximate surface area is 171 Å². The molecule has 2 aliphatic heterocycles. The molecular formula is C21H28N6O2. The summed E-state index contributed by atoms with van der Waals surface area (Å²) in [5.41, 5.74) is 3.09. The number of benzene rings is 1. The third kappa shape index (κ3) is 3.54. The fourth-order valence-electron chi connectivity index (χ4n) is 4.00. The highest BCUT2D eigenvalue weighted by molar-refractivity contribution is 6.17. The molecule has 0 atom stereocenters. The van der Waals surface area contributed by atoms with Crippen molar-refractivity contribution >= 4 is 28.9 Å². The fourth-order valence-corrected chi connectivity index (χ4v) is 4.00. The van der Waals surface area contributed by atoms with Crippen LogP contribution in [0.25, 0.3) is 0 Å². The number of piperazine rings is 1. The Kier molecular flexibility index (Phi) is 5.14. The molecule has 1 aromatic heterocycles. The van der Waals surface area contributed by atoms with E-state index in [0.717, 1.165) is 31.9 Å². The van der Waals surface area contributed by atoms with E-state index in [9.17, 15) is 9.59 Å². The first-order valence-corrected chi connectivity index (χ1v) is 10.1. The van der Waals surface area contributed by atoms with Crippen LogP contribution in [0.5, 0.6) is 0 Å². The standard InChI is InChI=1S/C21H28N6O2/c1-14(2)18-19-20(25(4)23-18)21(29)22-15-7-5-6-8-16(15)27(19)17(28)13-26-11-9-24(3)10-12-26/h5-8,14H,9-13H2,1-4H3,(H,22,29). The van der Waals surface area contributed by atoms with Crippen molar-refractivity contribution in [1.29, 1.82) is 0 Å². The van der Waals surface area contributed by atoms with Gasteiger partial charge in [0.15, 0.2) is 5.69 Å². The maximum atomic E-state index is 13.6. The number of rotatable bonds is 3. The zero-order valence-electron chi connectivity index (χ0n) is 17.5. The van der Waals surface area contributed by atoms with Crippen LogP contribution in [-0.4, -0.2) is 71.2 Å². The first-order chi connectivity index (χ1) is 13.9. The Morgan fingerprint density at radius 2 is 1.83 bits per heavy atom. The molecule has 0 unspecified atom stereocenters. The van der Waals surface area contributed by atoms with Crippen molar-refractivity contribution < 1.29 is 9.59 Å². The molecule has 8 nitrogen and oxygen atoms in total. The maximum absolute atomic E-state index is 13.6. The maximum Gasteiger partial charge on any atom is 0.276 e. The molecule has 0 bridgehead atoms. The van der Waals surface area contributed by atoms with Gasteiger partial charge in [-0.25, -0.2) is 0 Å². The van der Waals surface area contributed by atoms with Crippen molar-refractivity contribution in [3.8, 4) is 0 Å². The number of fused-ring (bicyclic) bond motifs is 2. The topological polar surface area (TPSA) is 73.7 Å². The molecule has 2 aromatic rings. The van der Waals surface area contributed by atoms with Gasteiger partial charge >= 0.3 is 0 Å². The predicted octanol–water partition coefficient (Wildman–Crippen LogP) is 2.02. The summed E-state index contributed by atoms with van der Waals surface area (Å²) < 4.78 is 1.59. The first-order valence-electron chi connectivity index (χ1n) is 10.1. The minimum absolute atomic E-state index is 0.0466. The van der Waals surface area contributed by atoms with E-state index in [2.05, 4.69) is 27.3 Å². The average Bonchev–Trinajstić information content (AvgIpc) is 2.95. The number of hydrogen-bond donors (Lipinski definition) is 1. The van der Waals surface area contributed by atoms with E-state index >= 15 is 0 Å². The second kappa shape index (κ2) is 7.61. The number of aromatic nitrogens is 2. The first kappa shape index (κ1) is 19.6. The molecular weight excluding hydrogens is 368 g/mol. The lowest BCUT2D eigenvalue weighted by atomic mass is 10.1. The number of nitrogens with zero attached hydrogens (tertiary/aromatic N) is 5. The minimum atomic E-state index is -0.246. The Morgan fingerprint density at radius 1 is 1.14 bits per heavy atom. The van der Waals surface area contributed by atoms with Gasteiger partial charge in [-0.1, -0.05) is 26.0 Å². The Balaban J connectivity index is 1.80. The zero-order valence-corrected chi connectivity index (χ0v) is 17.5. The lowest BCUT2D eigenvalue weighted by Crippen LogP contribution is -2.48. The SMILES string of the molecule is CC(C)c1nn(C)c2c1N(C(=O)CN1CCN(C)CC1)c1ccccc1NC2=O. The van der Waals surface area contributed by atoms with Crippen LogP contribution in [0.4, 0.5) is 17.1 Å². The summed E-state index contributed by atoms with van der Waals surface area (Å²) in [6.07, 6.45) is 0. The van der Waals surface area contributed by atoms with Gasteiger partial charge in [-0.3, -0.25) is 24.1 Å². The molecule has 4 rings (SSSR count). The number of carbonyl (C=O) groups excluding carboxylic acids is 2. The van der Waals surface area contributed by atoms with E-state index in [0.29, 0.717) is 29.3 Å². The van der Waals surface area contributed by atoms with Crippen LogP contribution in [-0.2, 0) is 11.8 Å². The summed E-state index contributed by atoms with van der Waals surface area (Å²) in [7, 11) is 3.85. The molecule has 1 fully saturated rings. The molecule has 154 valence electrons. The summed E-state index contributed by atoms with van der Waals surface area (Å²) in [6.45, 7) is 7.96. The molecule has 1 N–H and O–H groups in total. The second-order valence-electron chi connectivity index (χ2n) is 8.14. The van der Waals surface area contributed by atoms with E-state index in [4.69, 9.17) is 0 Å². The highest BCUT2D eigenvalue weighted by atomic mass is 16.2. The van der Waals surface area contributed by atoms with Gasteiger partial charge < -0.3 is 10.2 Å². The number of amides is 2. The van der Waals surface area contributed by atoms with Gasteiger partial charge in [-0.05, 0) is 25.1 Å². The summed E-state index contributed by atoms with van der Waals surface area (Å²) in [6, 6.07) is 7.46. The highest BCUT2D eigenvalue weighted by Gasteiger charge is 2.36. The quantitative estimate of drug-likeness (QED) is 0.859. The molecule has 8 heteroatoms. The highest BCUT2D eigenvalue weighted by Crippen LogP contribution is 2.41. The van der Waals surface area contributed by atoms with E-state index in [-0.39, 0.29) is 17.7 Å². The van der Waals surface area contributed by atoms with Crippen LogP contribution in [0.3, 0.4) is 0 Å². The Bertz CT molecular complexity index is 943. The van der Waals surface area contributed by atoms with Crippen LogP contribution in [0.15, 0.2) is 24.3 Å². The van der Waals surface area contributed by atoms with Crippen LogP contribution < -0.4 is 10.2 Å². The van der Waals surface area contributed by atoms with Crippen molar-refractivity contribution in [3.63, 3.8) is 0 Å². The molecule has 0 radical (unpaired) electrons. The van der Waals surface area contributed by atoms with Gasteiger partial charge in [-0.15, -0.1) is 0 Å². The Morgan fingerprint density at radius 3 is 2.52 bits per heavy atom. The molecule has 3 heterocycles. The summed E-state index contributed by atoms with van der Waals surface area (Å²) in [5, 5.41) is 7.54. The van der Waals surface area contributed by atoms with E-state index in [1.54, 1.807) is 16.6 Å². The summed E-state index contributed by atoms with van der Waals surface area (Å²) in [4.78, 5) is 32.7. The van der Waals surface area contributed by atoms with Gasteiger partial charge in [0.1, 0.15) is 5.69 Å². The van der Waals surface area contributed by atoms with E-state index < -0.39 is 0 Å². The molecule has 29 heavy (non-hydrogen) atoms. The van der Waals surface area contributed by atoms with Crippen molar-refractivity contribution in [1.82, 2.24) is 19.6 Å². The van der Waals surface area contributed by atoms with Gasteiger partial charge in [-0.2, -0.15) is 5.10 Å². The number of anilines is 3. The van der Waals surface area contributed by atoms with Gasteiger partial charge in [0.05, 0.1) is 23.6 Å². The predicted molar refractivity (Wildman–Crippen MR) is 113 cm³/mol. The number of para-hydroxylation sites is 2. The van der Waals surface area contributed by atoms with Crippen LogP contribution >= 0.6 is 0 Å². The summed E-state index contributed by atoms with van der Waals surface area (Å²) >= 11 is 0. The number of hydrogen-bond acceptors (Lipinski definition) is 5. The number of aryl methyl sites for hydroxylation is 1. The summed E-state index contributed by atoms with van der Waals surface area (Å²) in [5.74, 6) is -0.221. The van der Waals surface area contributed by atoms with Crippen LogP contribution in [0.2, 0.25) is 0 Å². The van der Waals surface area contributed by atoms with Crippen LogP contribution in [0.1, 0.15) is 35.9 Å². The third-order valence-corrected chi connectivity index (χ3v) is 5.63. The number of likely N-dealkylation sites (N-methyl/N-ethyl adjacent to an activating group) is 1. The second-order valence-corrected chi connectivity index (χ2v) is 8.14. The van der Waals surface area contributed by atoms with Gasteiger partial charge in [0.25, 0.3) is 5.91 Å². The van der Waals surface area contributed by atoms with Gasteiger partial charge in [0.2, 0.25) is 5.91 Å². The Hall–Kier alpha value is -2.71. The largest absolute Gasteiger partial charge is 0.319 e. The van der Waals surface area contributed by atoms with Gasteiger partial charge in [0, 0.05) is 33.2 Å². The molecule has 1 saturated heterocycles. The number of nitrogens with one attached hydrogen (secondary N) is 1. The molecule has 0 spiro atoms. The molecule has 1 aromatic carbocycles. The zero-order chi connectivity index (χ0) is 20.7. The monoisotopic (exact) mass is 396 g/mol. The fraction of sp³-hybridized carbons (Fsp3) is 0.476. The van der Waals surface area contributed by atoms with Crippen molar-refractivity contribution in [3.05, 3.63) is 35.7 Å². The normalized spacial score (nSPS) is 17.7. The number of carbonyl (C=O) groups is 2. The lowest BCUT2D eigenvalue weighted by Gasteiger charge is -2.33. The molecule has 2 aliphatic rings. The van der Waals surface area contributed by atoms with E-state index in [1.807, 2.05) is 38.1 Å².